The van der Waals surface area contributed by atoms with Crippen molar-refractivity contribution in [3.63, 3.8) is 0 Å². The van der Waals surface area contributed by atoms with E-state index in [1.54, 1.807) is 6.33 Å². The molecule has 176 valence electrons. The van der Waals surface area contributed by atoms with Crippen LogP contribution in [-0.4, -0.2) is 51.3 Å². The Morgan fingerprint density at radius 1 is 1.24 bits per heavy atom. The summed E-state index contributed by atoms with van der Waals surface area (Å²) in [5, 5.41) is 11.2. The number of amides is 1. The van der Waals surface area contributed by atoms with Gasteiger partial charge >= 0.3 is 6.09 Å². The Hall–Kier alpha value is -2.38. The zero-order valence-electron chi connectivity index (χ0n) is 19.6. The molecule has 0 radical (unpaired) electrons. The van der Waals surface area contributed by atoms with E-state index in [0.29, 0.717) is 24.5 Å². The lowest BCUT2D eigenvalue weighted by atomic mass is 9.74. The normalized spacial score (nSPS) is 23.6. The minimum absolute atomic E-state index is 0.128. The molecule has 3 aliphatic rings. The molecule has 5 rings (SSSR count). The number of aliphatic hydroxyl groups is 1. The van der Waals surface area contributed by atoms with E-state index in [9.17, 15) is 9.90 Å². The molecule has 0 unspecified atom stereocenters. The largest absolute Gasteiger partial charge is 0.444 e. The summed E-state index contributed by atoms with van der Waals surface area (Å²) >= 11 is 6.45. The van der Waals surface area contributed by atoms with E-state index in [-0.39, 0.29) is 17.4 Å². The molecule has 1 amide bonds. The number of fused-ring (bicyclic) bond motifs is 3. The summed E-state index contributed by atoms with van der Waals surface area (Å²) < 4.78 is 5.59. The summed E-state index contributed by atoms with van der Waals surface area (Å²) in [6, 6.07) is 6.05. The summed E-state index contributed by atoms with van der Waals surface area (Å²) in [4.78, 5) is 25.8. The Labute approximate surface area is 199 Å². The fourth-order valence-electron chi connectivity index (χ4n) is 5.62. The zero-order valence-corrected chi connectivity index (χ0v) is 20.4. The van der Waals surface area contributed by atoms with Crippen molar-refractivity contribution in [2.75, 3.05) is 24.5 Å². The maximum atomic E-state index is 12.6. The van der Waals surface area contributed by atoms with E-state index in [0.717, 1.165) is 42.1 Å². The number of aromatic nitrogens is 2. The molecule has 0 bridgehead atoms. The molecule has 1 aliphatic carbocycles. The first kappa shape index (κ1) is 22.4. The number of rotatable bonds is 1. The fraction of sp³-hybridized carbons (Fsp3) is 0.560. The van der Waals surface area contributed by atoms with Crippen molar-refractivity contribution < 1.29 is 14.6 Å². The Morgan fingerprint density at radius 2 is 1.97 bits per heavy atom. The topological polar surface area (TPSA) is 78.8 Å². The second kappa shape index (κ2) is 7.84. The minimum atomic E-state index is -0.546. The van der Waals surface area contributed by atoms with Crippen LogP contribution in [-0.2, 0) is 10.2 Å². The van der Waals surface area contributed by atoms with Crippen molar-refractivity contribution in [3.05, 3.63) is 46.4 Å². The van der Waals surface area contributed by atoms with Gasteiger partial charge in [0.2, 0.25) is 0 Å². The van der Waals surface area contributed by atoms with E-state index < -0.39 is 11.7 Å². The van der Waals surface area contributed by atoms with Gasteiger partial charge in [-0.15, -0.1) is 0 Å². The number of likely N-dealkylation sites (tertiary alicyclic amines) is 1. The quantitative estimate of drug-likeness (QED) is 0.625. The van der Waals surface area contributed by atoms with E-state index >= 15 is 0 Å². The number of piperidine rings is 1. The summed E-state index contributed by atoms with van der Waals surface area (Å²) in [7, 11) is 0. The second-order valence-electron chi connectivity index (χ2n) is 10.6. The molecule has 0 saturated carbocycles. The third-order valence-electron chi connectivity index (χ3n) is 7.19. The lowest BCUT2D eigenvalue weighted by Gasteiger charge is -2.40. The molecule has 2 atom stereocenters. The molecule has 2 aromatic rings. The number of anilines is 2. The van der Waals surface area contributed by atoms with Crippen LogP contribution < -0.4 is 4.90 Å². The van der Waals surface area contributed by atoms with Crippen LogP contribution in [0.2, 0.25) is 5.02 Å². The molecular formula is C25H31ClN4O3. The monoisotopic (exact) mass is 470 g/mol. The second-order valence-corrected chi connectivity index (χ2v) is 11.1. The predicted octanol–water partition coefficient (Wildman–Crippen LogP) is 5.09. The fourth-order valence-corrected chi connectivity index (χ4v) is 5.79. The Morgan fingerprint density at radius 3 is 2.67 bits per heavy atom. The highest BCUT2D eigenvalue weighted by Crippen LogP contribution is 2.52. The van der Waals surface area contributed by atoms with Crippen molar-refractivity contribution in [1.82, 2.24) is 14.9 Å². The lowest BCUT2D eigenvalue weighted by molar-refractivity contribution is 0.0171. The van der Waals surface area contributed by atoms with Gasteiger partial charge in [0.05, 0.1) is 11.8 Å². The first-order valence-electron chi connectivity index (χ1n) is 11.7. The van der Waals surface area contributed by atoms with Gasteiger partial charge in [0.25, 0.3) is 0 Å². The summed E-state index contributed by atoms with van der Waals surface area (Å²) in [5.74, 6) is 1.06. The summed E-state index contributed by atoms with van der Waals surface area (Å²) in [6.45, 7) is 9.81. The lowest BCUT2D eigenvalue weighted by Crippen LogP contribution is -2.48. The minimum Gasteiger partial charge on any atom is -0.444 e. The van der Waals surface area contributed by atoms with E-state index in [1.807, 2.05) is 31.7 Å². The van der Waals surface area contributed by atoms with Crippen molar-refractivity contribution in [1.29, 1.82) is 0 Å². The highest BCUT2D eigenvalue weighted by molar-refractivity contribution is 6.30. The van der Waals surface area contributed by atoms with Crippen molar-refractivity contribution in [2.45, 2.75) is 70.0 Å². The van der Waals surface area contributed by atoms with Gasteiger partial charge in [-0.05, 0) is 69.7 Å². The highest BCUT2D eigenvalue weighted by Gasteiger charge is 2.47. The van der Waals surface area contributed by atoms with Gasteiger partial charge in [0.1, 0.15) is 17.7 Å². The molecule has 33 heavy (non-hydrogen) atoms. The SMILES string of the molecule is C[C@@H]1C[C@H](O)c2ncnc(N3CC4(CCN(C(=O)OC(C)(C)C)CC4)c4cc(Cl)ccc43)c21. The van der Waals surface area contributed by atoms with Crippen molar-refractivity contribution >= 4 is 29.2 Å². The van der Waals surface area contributed by atoms with Gasteiger partial charge in [-0.1, -0.05) is 18.5 Å². The highest BCUT2D eigenvalue weighted by atomic mass is 35.5. The number of carbonyl (C=O) groups is 1. The van der Waals surface area contributed by atoms with Crippen LogP contribution in [0.3, 0.4) is 0 Å². The first-order chi connectivity index (χ1) is 15.6. The number of benzene rings is 1. The van der Waals surface area contributed by atoms with Gasteiger partial charge < -0.3 is 19.6 Å². The molecule has 7 nitrogen and oxygen atoms in total. The standard InChI is InChI=1S/C25H31ClN4O3/c1-15-11-19(31)21-20(15)22(28-14-27-21)30-13-25(17-12-16(26)5-6-18(17)30)7-9-29(10-8-25)23(32)33-24(2,3)4/h5-6,12,14-15,19,31H,7-11,13H2,1-4H3/t15-,19+/m1/s1. The van der Waals surface area contributed by atoms with Crippen LogP contribution in [0.15, 0.2) is 24.5 Å². The van der Waals surface area contributed by atoms with Gasteiger partial charge in [-0.3, -0.25) is 0 Å². The van der Waals surface area contributed by atoms with Crippen LogP contribution in [0.25, 0.3) is 0 Å². The average Bonchev–Trinajstić information content (AvgIpc) is 3.21. The molecule has 1 saturated heterocycles. The van der Waals surface area contributed by atoms with Gasteiger partial charge in [-0.25, -0.2) is 14.8 Å². The van der Waals surface area contributed by atoms with Gasteiger partial charge in [-0.2, -0.15) is 0 Å². The van der Waals surface area contributed by atoms with Crippen LogP contribution in [0.5, 0.6) is 0 Å². The molecule has 1 N–H and O–H groups in total. The molecule has 8 heteroatoms. The summed E-state index contributed by atoms with van der Waals surface area (Å²) in [6.07, 6.45) is 3.06. The smallest absolute Gasteiger partial charge is 0.410 e. The van der Waals surface area contributed by atoms with Crippen LogP contribution in [0, 0.1) is 0 Å². The average molecular weight is 471 g/mol. The number of halogens is 1. The zero-order chi connectivity index (χ0) is 23.5. The van der Waals surface area contributed by atoms with E-state index in [2.05, 4.69) is 33.9 Å². The molecule has 1 aromatic carbocycles. The number of aliphatic hydroxyl groups excluding tert-OH is 1. The molecule has 1 fully saturated rings. The molecule has 3 heterocycles. The first-order valence-corrected chi connectivity index (χ1v) is 12.0. The maximum Gasteiger partial charge on any atom is 0.410 e. The number of hydrogen-bond acceptors (Lipinski definition) is 6. The third kappa shape index (κ3) is 3.85. The van der Waals surface area contributed by atoms with E-state index in [1.165, 1.54) is 5.56 Å². The Kier molecular flexibility index (Phi) is 5.33. The molecule has 2 aliphatic heterocycles. The number of carbonyl (C=O) groups excluding carboxylic acids is 1. The summed E-state index contributed by atoms with van der Waals surface area (Å²) in [5.41, 5.74) is 3.44. The Bertz CT molecular complexity index is 1090. The predicted molar refractivity (Wildman–Crippen MR) is 127 cm³/mol. The number of hydrogen-bond donors (Lipinski definition) is 1. The van der Waals surface area contributed by atoms with Crippen LogP contribution >= 0.6 is 11.6 Å². The van der Waals surface area contributed by atoms with Crippen molar-refractivity contribution in [2.24, 2.45) is 0 Å². The van der Waals surface area contributed by atoms with Crippen LogP contribution in [0.1, 0.15) is 75.8 Å². The molecular weight excluding hydrogens is 440 g/mol. The maximum absolute atomic E-state index is 12.6. The third-order valence-corrected chi connectivity index (χ3v) is 7.42. The van der Waals surface area contributed by atoms with Crippen LogP contribution in [0.4, 0.5) is 16.3 Å². The van der Waals surface area contributed by atoms with E-state index in [4.69, 9.17) is 16.3 Å². The van der Waals surface area contributed by atoms with Gasteiger partial charge in [0.15, 0.2) is 0 Å². The number of nitrogens with zero attached hydrogens (tertiary/aromatic N) is 4. The van der Waals surface area contributed by atoms with Crippen molar-refractivity contribution in [3.8, 4) is 0 Å². The van der Waals surface area contributed by atoms with Gasteiger partial charge in [0, 0.05) is 41.3 Å². The molecule has 1 aromatic heterocycles. The number of ether oxygens (including phenoxy) is 1. The molecule has 1 spiro atoms. The Balaban J connectivity index is 1.48.